The molecule has 0 saturated heterocycles. The fourth-order valence-corrected chi connectivity index (χ4v) is 3.50. The van der Waals surface area contributed by atoms with Crippen molar-refractivity contribution in [3.8, 4) is 0 Å². The van der Waals surface area contributed by atoms with Gasteiger partial charge in [0.1, 0.15) is 5.69 Å². The Balaban J connectivity index is 1.78. The number of H-pyrrole nitrogens is 1. The van der Waals surface area contributed by atoms with Gasteiger partial charge in [0.15, 0.2) is 6.29 Å². The lowest BCUT2D eigenvalue weighted by atomic mass is 10.0. The Morgan fingerprint density at radius 1 is 1.04 bits per heavy atom. The SMILES string of the molecule is COCc1c(C=O)ncc2[nH]c3ccc(CCc4ccccc4)cc3c12. The van der Waals surface area contributed by atoms with Crippen molar-refractivity contribution in [2.75, 3.05) is 7.11 Å². The van der Waals surface area contributed by atoms with Crippen LogP contribution in [0.3, 0.4) is 0 Å². The molecule has 0 atom stereocenters. The van der Waals surface area contributed by atoms with Crippen LogP contribution in [0, 0.1) is 0 Å². The Kier molecular flexibility index (Phi) is 4.50. The van der Waals surface area contributed by atoms with Crippen molar-refractivity contribution < 1.29 is 9.53 Å². The number of aromatic amines is 1. The summed E-state index contributed by atoms with van der Waals surface area (Å²) in [6, 6.07) is 17.0. The van der Waals surface area contributed by atoms with Crippen LogP contribution in [0.4, 0.5) is 0 Å². The van der Waals surface area contributed by atoms with Crippen LogP contribution in [0.25, 0.3) is 21.8 Å². The van der Waals surface area contributed by atoms with E-state index in [9.17, 15) is 4.79 Å². The van der Waals surface area contributed by atoms with Crippen LogP contribution in [0.1, 0.15) is 27.2 Å². The molecule has 1 N–H and O–H groups in total. The van der Waals surface area contributed by atoms with E-state index in [0.29, 0.717) is 12.3 Å². The Labute approximate surface area is 151 Å². The molecule has 2 aromatic carbocycles. The van der Waals surface area contributed by atoms with Crippen LogP contribution in [0.2, 0.25) is 0 Å². The molecule has 130 valence electrons. The summed E-state index contributed by atoms with van der Waals surface area (Å²) in [7, 11) is 1.63. The topological polar surface area (TPSA) is 55.0 Å². The quantitative estimate of drug-likeness (QED) is 0.525. The Hall–Kier alpha value is -2.98. The van der Waals surface area contributed by atoms with Gasteiger partial charge in [0.2, 0.25) is 0 Å². The van der Waals surface area contributed by atoms with E-state index >= 15 is 0 Å². The standard InChI is InChI=1S/C22H20N2O2/c1-26-14-18-21(13-25)23-12-20-22(18)17-11-16(9-10-19(17)24-20)8-7-15-5-3-2-4-6-15/h2-6,9-13,24H,7-8,14H2,1H3. The smallest absolute Gasteiger partial charge is 0.168 e. The highest BCUT2D eigenvalue weighted by Gasteiger charge is 2.14. The molecule has 4 rings (SSSR count). The number of aryl methyl sites for hydroxylation is 2. The second-order valence-electron chi connectivity index (χ2n) is 6.45. The number of carbonyl (C=O) groups excluding carboxylic acids is 1. The second kappa shape index (κ2) is 7.10. The average molecular weight is 344 g/mol. The molecule has 0 bridgehead atoms. The fraction of sp³-hybridized carbons (Fsp3) is 0.182. The predicted octanol–water partition coefficient (Wildman–Crippen LogP) is 4.46. The van der Waals surface area contributed by atoms with E-state index in [2.05, 4.69) is 52.4 Å². The second-order valence-corrected chi connectivity index (χ2v) is 6.45. The van der Waals surface area contributed by atoms with E-state index in [1.54, 1.807) is 13.3 Å². The lowest BCUT2D eigenvalue weighted by Gasteiger charge is -2.06. The summed E-state index contributed by atoms with van der Waals surface area (Å²) < 4.78 is 5.32. The van der Waals surface area contributed by atoms with Crippen molar-refractivity contribution in [2.45, 2.75) is 19.4 Å². The average Bonchev–Trinajstić information content (AvgIpc) is 3.06. The zero-order valence-electron chi connectivity index (χ0n) is 14.7. The highest BCUT2D eigenvalue weighted by atomic mass is 16.5. The summed E-state index contributed by atoms with van der Waals surface area (Å²) in [5.74, 6) is 0. The normalized spacial score (nSPS) is 11.3. The van der Waals surface area contributed by atoms with Crippen molar-refractivity contribution in [3.63, 3.8) is 0 Å². The van der Waals surface area contributed by atoms with Gasteiger partial charge in [-0.1, -0.05) is 36.4 Å². The van der Waals surface area contributed by atoms with E-state index in [4.69, 9.17) is 4.74 Å². The molecule has 2 heterocycles. The number of pyridine rings is 1. The van der Waals surface area contributed by atoms with E-state index in [1.807, 2.05) is 6.07 Å². The Bertz CT molecular complexity index is 1070. The minimum absolute atomic E-state index is 0.361. The molecular formula is C22H20N2O2. The van der Waals surface area contributed by atoms with Gasteiger partial charge in [-0.2, -0.15) is 0 Å². The fourth-order valence-electron chi connectivity index (χ4n) is 3.50. The third-order valence-electron chi connectivity index (χ3n) is 4.78. The summed E-state index contributed by atoms with van der Waals surface area (Å²) >= 11 is 0. The molecule has 2 aromatic heterocycles. The van der Waals surface area contributed by atoms with Gasteiger partial charge in [0, 0.05) is 29.0 Å². The Morgan fingerprint density at radius 3 is 2.62 bits per heavy atom. The molecule has 4 nitrogen and oxygen atoms in total. The first-order valence-electron chi connectivity index (χ1n) is 8.70. The maximum atomic E-state index is 11.4. The Morgan fingerprint density at radius 2 is 1.85 bits per heavy atom. The number of hydrogen-bond acceptors (Lipinski definition) is 3. The third kappa shape index (κ3) is 3.00. The molecule has 4 aromatic rings. The summed E-state index contributed by atoms with van der Waals surface area (Å²) in [5, 5.41) is 2.14. The molecule has 0 spiro atoms. The molecule has 4 heteroatoms. The zero-order chi connectivity index (χ0) is 17.9. The number of aldehydes is 1. The van der Waals surface area contributed by atoms with Crippen LogP contribution in [-0.2, 0) is 24.2 Å². The van der Waals surface area contributed by atoms with Crippen molar-refractivity contribution in [1.82, 2.24) is 9.97 Å². The van der Waals surface area contributed by atoms with Crippen LogP contribution in [0.15, 0.2) is 54.7 Å². The number of hydrogen-bond donors (Lipinski definition) is 1. The molecule has 0 radical (unpaired) electrons. The van der Waals surface area contributed by atoms with Gasteiger partial charge < -0.3 is 9.72 Å². The van der Waals surface area contributed by atoms with Crippen molar-refractivity contribution in [2.24, 2.45) is 0 Å². The molecule has 26 heavy (non-hydrogen) atoms. The third-order valence-corrected chi connectivity index (χ3v) is 4.78. The molecular weight excluding hydrogens is 324 g/mol. The van der Waals surface area contributed by atoms with E-state index in [0.717, 1.165) is 46.5 Å². The molecule has 0 aliphatic heterocycles. The predicted molar refractivity (Wildman–Crippen MR) is 104 cm³/mol. The first-order valence-corrected chi connectivity index (χ1v) is 8.70. The summed E-state index contributed by atoms with van der Waals surface area (Å²) in [6.07, 6.45) is 4.49. The van der Waals surface area contributed by atoms with Crippen LogP contribution >= 0.6 is 0 Å². The zero-order valence-corrected chi connectivity index (χ0v) is 14.7. The van der Waals surface area contributed by atoms with Crippen LogP contribution < -0.4 is 0 Å². The first-order chi connectivity index (χ1) is 12.8. The van der Waals surface area contributed by atoms with E-state index in [1.165, 1.54) is 11.1 Å². The highest BCUT2D eigenvalue weighted by molar-refractivity contribution is 6.10. The minimum Gasteiger partial charge on any atom is -0.380 e. The maximum absolute atomic E-state index is 11.4. The number of nitrogens with one attached hydrogen (secondary N) is 1. The number of aromatic nitrogens is 2. The maximum Gasteiger partial charge on any atom is 0.168 e. The molecule has 0 saturated carbocycles. The van der Waals surface area contributed by atoms with Gasteiger partial charge in [-0.15, -0.1) is 0 Å². The monoisotopic (exact) mass is 344 g/mol. The number of carbonyl (C=O) groups is 1. The largest absolute Gasteiger partial charge is 0.380 e. The van der Waals surface area contributed by atoms with Crippen molar-refractivity contribution in [1.29, 1.82) is 0 Å². The summed E-state index contributed by atoms with van der Waals surface area (Å²) in [5.41, 5.74) is 5.86. The number of nitrogens with zero attached hydrogens (tertiary/aromatic N) is 1. The number of methoxy groups -OCH3 is 1. The van der Waals surface area contributed by atoms with Crippen molar-refractivity contribution >= 4 is 28.1 Å². The summed E-state index contributed by atoms with van der Waals surface area (Å²) in [6.45, 7) is 0.361. The molecule has 0 aliphatic rings. The van der Waals surface area contributed by atoms with E-state index in [-0.39, 0.29) is 0 Å². The summed E-state index contributed by atoms with van der Waals surface area (Å²) in [4.78, 5) is 19.1. The number of rotatable bonds is 6. The van der Waals surface area contributed by atoms with Gasteiger partial charge in [0.05, 0.1) is 18.3 Å². The van der Waals surface area contributed by atoms with Gasteiger partial charge in [-0.05, 0) is 36.1 Å². The number of benzene rings is 2. The molecule has 0 amide bonds. The minimum atomic E-state index is 0.361. The lowest BCUT2D eigenvalue weighted by Crippen LogP contribution is -1.99. The first kappa shape index (κ1) is 16.5. The lowest BCUT2D eigenvalue weighted by molar-refractivity contribution is 0.111. The molecule has 0 unspecified atom stereocenters. The van der Waals surface area contributed by atoms with Crippen LogP contribution in [0.5, 0.6) is 0 Å². The van der Waals surface area contributed by atoms with Gasteiger partial charge in [0.25, 0.3) is 0 Å². The number of fused-ring (bicyclic) bond motifs is 3. The molecule has 0 fully saturated rings. The van der Waals surface area contributed by atoms with E-state index < -0.39 is 0 Å². The molecule has 0 aliphatic carbocycles. The van der Waals surface area contributed by atoms with Crippen molar-refractivity contribution in [3.05, 3.63) is 77.1 Å². The van der Waals surface area contributed by atoms with Gasteiger partial charge >= 0.3 is 0 Å². The van der Waals surface area contributed by atoms with Gasteiger partial charge in [-0.3, -0.25) is 9.78 Å². The highest BCUT2D eigenvalue weighted by Crippen LogP contribution is 2.30. The number of ether oxygens (including phenoxy) is 1. The van der Waals surface area contributed by atoms with Gasteiger partial charge in [-0.25, -0.2) is 0 Å². The van der Waals surface area contributed by atoms with Crippen LogP contribution in [-0.4, -0.2) is 23.4 Å².